The quantitative estimate of drug-likeness (QED) is 0.527. The van der Waals surface area contributed by atoms with Gasteiger partial charge in [-0.05, 0) is 25.1 Å². The monoisotopic (exact) mass is 282 g/mol. The zero-order chi connectivity index (χ0) is 15.0. The number of methoxy groups -OCH3 is 1. The fourth-order valence-electron chi connectivity index (χ4n) is 1.84. The van der Waals surface area contributed by atoms with Crippen LogP contribution in [0.4, 0.5) is 11.4 Å². The number of hydrogen-bond donors (Lipinski definition) is 2. The summed E-state index contributed by atoms with van der Waals surface area (Å²) >= 11 is 0. The molecule has 3 N–H and O–H groups in total. The number of benzene rings is 1. The van der Waals surface area contributed by atoms with Crippen LogP contribution in [0.2, 0.25) is 0 Å². The van der Waals surface area contributed by atoms with Crippen molar-refractivity contribution in [2.75, 3.05) is 50.7 Å². The number of carboxylic acids is 1. The molecule has 1 rings (SSSR count). The van der Waals surface area contributed by atoms with Crippen LogP contribution in [0.1, 0.15) is 17.3 Å². The predicted octanol–water partition coefficient (Wildman–Crippen LogP) is 1.46. The lowest BCUT2D eigenvalue weighted by Crippen LogP contribution is -2.28. The van der Waals surface area contributed by atoms with Crippen LogP contribution in [-0.4, -0.2) is 51.1 Å². The fourth-order valence-corrected chi connectivity index (χ4v) is 1.84. The van der Waals surface area contributed by atoms with E-state index >= 15 is 0 Å². The van der Waals surface area contributed by atoms with Crippen LogP contribution in [0.25, 0.3) is 0 Å². The van der Waals surface area contributed by atoms with Gasteiger partial charge in [-0.15, -0.1) is 0 Å². The third kappa shape index (κ3) is 4.71. The van der Waals surface area contributed by atoms with E-state index < -0.39 is 5.97 Å². The van der Waals surface area contributed by atoms with Crippen molar-refractivity contribution >= 4 is 17.3 Å². The van der Waals surface area contributed by atoms with Crippen LogP contribution in [-0.2, 0) is 9.47 Å². The molecule has 0 aromatic heterocycles. The summed E-state index contributed by atoms with van der Waals surface area (Å²) in [6, 6.07) is 4.77. The molecule has 1 aromatic rings. The van der Waals surface area contributed by atoms with Gasteiger partial charge in [-0.25, -0.2) is 4.79 Å². The fraction of sp³-hybridized carbons (Fsp3) is 0.500. The average molecular weight is 282 g/mol. The Hall–Kier alpha value is -1.79. The summed E-state index contributed by atoms with van der Waals surface area (Å²) in [6.45, 7) is 5.17. The van der Waals surface area contributed by atoms with E-state index in [0.717, 1.165) is 12.2 Å². The Bertz CT molecular complexity index is 437. The maximum Gasteiger partial charge on any atom is 0.335 e. The third-order valence-corrected chi connectivity index (χ3v) is 2.93. The highest BCUT2D eigenvalue weighted by Gasteiger charge is 2.11. The Morgan fingerprint density at radius 3 is 2.65 bits per heavy atom. The van der Waals surface area contributed by atoms with Crippen LogP contribution in [0.3, 0.4) is 0 Å². The molecule has 6 nitrogen and oxygen atoms in total. The molecular formula is C14H22N2O4. The van der Waals surface area contributed by atoms with Crippen LogP contribution >= 0.6 is 0 Å². The van der Waals surface area contributed by atoms with Gasteiger partial charge in [0.15, 0.2) is 0 Å². The van der Waals surface area contributed by atoms with E-state index in [1.807, 2.05) is 11.8 Å². The van der Waals surface area contributed by atoms with Gasteiger partial charge in [0, 0.05) is 20.2 Å². The standard InChI is InChI=1S/C14H22N2O4/c1-3-16(6-7-20-9-8-19-2)13-5-4-11(14(17)18)10-12(13)15/h4-5,10H,3,6-9,15H2,1-2H3,(H,17,18). The topological polar surface area (TPSA) is 85.0 Å². The van der Waals surface area contributed by atoms with Crippen molar-refractivity contribution in [1.82, 2.24) is 0 Å². The molecule has 0 amide bonds. The largest absolute Gasteiger partial charge is 0.478 e. The van der Waals surface area contributed by atoms with Gasteiger partial charge >= 0.3 is 5.97 Å². The maximum atomic E-state index is 10.9. The van der Waals surface area contributed by atoms with Gasteiger partial charge in [-0.3, -0.25) is 0 Å². The van der Waals surface area contributed by atoms with E-state index in [4.69, 9.17) is 20.3 Å². The van der Waals surface area contributed by atoms with E-state index in [-0.39, 0.29) is 5.56 Å². The number of nitrogens with two attached hydrogens (primary N) is 1. The number of ether oxygens (including phenoxy) is 2. The van der Waals surface area contributed by atoms with Crippen molar-refractivity contribution in [2.45, 2.75) is 6.92 Å². The molecule has 0 spiro atoms. The number of carboxylic acid groups (broad SMARTS) is 1. The first-order valence-electron chi connectivity index (χ1n) is 6.54. The van der Waals surface area contributed by atoms with E-state index in [9.17, 15) is 4.79 Å². The molecule has 0 radical (unpaired) electrons. The van der Waals surface area contributed by atoms with Crippen LogP contribution in [0, 0.1) is 0 Å². The van der Waals surface area contributed by atoms with Gasteiger partial charge in [0.1, 0.15) is 0 Å². The second-order valence-corrected chi connectivity index (χ2v) is 4.26. The third-order valence-electron chi connectivity index (χ3n) is 2.93. The predicted molar refractivity (Wildman–Crippen MR) is 78.4 cm³/mol. The molecule has 1 aromatic carbocycles. The lowest BCUT2D eigenvalue weighted by Gasteiger charge is -2.24. The second kappa shape index (κ2) is 8.39. The summed E-state index contributed by atoms with van der Waals surface area (Å²) in [4.78, 5) is 12.9. The zero-order valence-corrected chi connectivity index (χ0v) is 12.0. The van der Waals surface area contributed by atoms with Gasteiger partial charge in [0.25, 0.3) is 0 Å². The van der Waals surface area contributed by atoms with Crippen molar-refractivity contribution in [3.63, 3.8) is 0 Å². The highest BCUT2D eigenvalue weighted by atomic mass is 16.5. The highest BCUT2D eigenvalue weighted by Crippen LogP contribution is 2.24. The Labute approximate surface area is 119 Å². The minimum Gasteiger partial charge on any atom is -0.478 e. The molecule has 0 bridgehead atoms. The smallest absolute Gasteiger partial charge is 0.335 e. The summed E-state index contributed by atoms with van der Waals surface area (Å²) in [5, 5.41) is 8.92. The SMILES string of the molecule is CCN(CCOCCOC)c1ccc(C(=O)O)cc1N. The zero-order valence-electron chi connectivity index (χ0n) is 12.0. The molecule has 6 heteroatoms. The van der Waals surface area contributed by atoms with Gasteiger partial charge in [0.2, 0.25) is 0 Å². The van der Waals surface area contributed by atoms with Gasteiger partial charge in [-0.2, -0.15) is 0 Å². The summed E-state index contributed by atoms with van der Waals surface area (Å²) in [5.41, 5.74) is 7.40. The Morgan fingerprint density at radius 1 is 1.35 bits per heavy atom. The maximum absolute atomic E-state index is 10.9. The van der Waals surface area contributed by atoms with Gasteiger partial charge in [-0.1, -0.05) is 0 Å². The lowest BCUT2D eigenvalue weighted by atomic mass is 10.1. The minimum absolute atomic E-state index is 0.193. The number of nitrogen functional groups attached to an aromatic ring is 1. The molecule has 0 saturated carbocycles. The molecule has 0 unspecified atom stereocenters. The number of nitrogens with zero attached hydrogens (tertiary/aromatic N) is 1. The van der Waals surface area contributed by atoms with Gasteiger partial charge in [0.05, 0.1) is 36.8 Å². The van der Waals surface area contributed by atoms with Crippen molar-refractivity contribution in [1.29, 1.82) is 0 Å². The first-order chi connectivity index (χ1) is 9.60. The van der Waals surface area contributed by atoms with E-state index in [1.165, 1.54) is 6.07 Å². The Balaban J connectivity index is 2.63. The van der Waals surface area contributed by atoms with Crippen molar-refractivity contribution < 1.29 is 19.4 Å². The number of anilines is 2. The van der Waals surface area contributed by atoms with E-state index in [0.29, 0.717) is 32.1 Å². The highest BCUT2D eigenvalue weighted by molar-refractivity contribution is 5.90. The molecule has 0 aliphatic heterocycles. The average Bonchev–Trinajstić information content (AvgIpc) is 2.43. The molecular weight excluding hydrogens is 260 g/mol. The number of aromatic carboxylic acids is 1. The first-order valence-corrected chi connectivity index (χ1v) is 6.54. The first kappa shape index (κ1) is 16.3. The van der Waals surface area contributed by atoms with Gasteiger partial charge < -0.3 is 25.2 Å². The summed E-state index contributed by atoms with van der Waals surface area (Å²) in [6.07, 6.45) is 0. The summed E-state index contributed by atoms with van der Waals surface area (Å²) in [5.74, 6) is -0.978. The molecule has 0 aliphatic carbocycles. The summed E-state index contributed by atoms with van der Waals surface area (Å²) < 4.78 is 10.3. The minimum atomic E-state index is -0.978. The van der Waals surface area contributed by atoms with E-state index in [2.05, 4.69) is 0 Å². The number of rotatable bonds is 9. The summed E-state index contributed by atoms with van der Waals surface area (Å²) in [7, 11) is 1.63. The van der Waals surface area contributed by atoms with Crippen molar-refractivity contribution in [2.24, 2.45) is 0 Å². The van der Waals surface area contributed by atoms with Crippen molar-refractivity contribution in [3.8, 4) is 0 Å². The number of carbonyl (C=O) groups is 1. The molecule has 0 heterocycles. The molecule has 0 aliphatic rings. The van der Waals surface area contributed by atoms with Crippen LogP contribution < -0.4 is 10.6 Å². The lowest BCUT2D eigenvalue weighted by molar-refractivity contribution is 0.0697. The number of likely N-dealkylation sites (N-methyl/N-ethyl adjacent to an activating group) is 1. The molecule has 0 fully saturated rings. The van der Waals surface area contributed by atoms with Crippen LogP contribution in [0.15, 0.2) is 18.2 Å². The van der Waals surface area contributed by atoms with Crippen LogP contribution in [0.5, 0.6) is 0 Å². The second-order valence-electron chi connectivity index (χ2n) is 4.26. The molecule has 112 valence electrons. The molecule has 0 saturated heterocycles. The normalized spacial score (nSPS) is 10.5. The van der Waals surface area contributed by atoms with E-state index in [1.54, 1.807) is 19.2 Å². The molecule has 20 heavy (non-hydrogen) atoms. The van der Waals surface area contributed by atoms with Crippen molar-refractivity contribution in [3.05, 3.63) is 23.8 Å². The molecule has 0 atom stereocenters. The number of hydrogen-bond acceptors (Lipinski definition) is 5. The Morgan fingerprint density at radius 2 is 2.10 bits per heavy atom. The Kier molecular flexibility index (Phi) is 6.83.